The Morgan fingerprint density at radius 1 is 1.33 bits per heavy atom. The molecule has 0 saturated heterocycles. The summed E-state index contributed by atoms with van der Waals surface area (Å²) in [6, 6.07) is 0. The average molecular weight is 141 g/mol. The second kappa shape index (κ2) is 4.61. The minimum absolute atomic E-state index is 0.00431. The second-order valence-electron chi connectivity index (χ2n) is 1.78. The summed E-state index contributed by atoms with van der Waals surface area (Å²) in [7, 11) is 1.53. The summed E-state index contributed by atoms with van der Waals surface area (Å²) in [5.74, 6) is 0. The van der Waals surface area contributed by atoms with E-state index in [2.05, 4.69) is 5.32 Å². The van der Waals surface area contributed by atoms with Crippen LogP contribution in [0.15, 0.2) is 0 Å². The minimum atomic E-state index is -2.53. The smallest absolute Gasteiger partial charge is 0.241 e. The molecule has 1 nitrogen and oxygen atoms in total. The first kappa shape index (κ1) is 8.75. The van der Waals surface area contributed by atoms with Gasteiger partial charge in [-0.1, -0.05) is 0 Å². The standard InChI is InChI=1S/C5H10F3N/c1-9-3-4(6)2-5(7)8/h4-5,9H,2-3H2,1H3. The van der Waals surface area contributed by atoms with Crippen LogP contribution in [0.3, 0.4) is 0 Å². The summed E-state index contributed by atoms with van der Waals surface area (Å²) < 4.78 is 34.8. The number of nitrogens with one attached hydrogen (secondary N) is 1. The maximum absolute atomic E-state index is 12.1. The quantitative estimate of drug-likeness (QED) is 0.620. The number of rotatable bonds is 4. The maximum atomic E-state index is 12.1. The largest absolute Gasteiger partial charge is 0.317 e. The molecule has 0 aromatic heterocycles. The fraction of sp³-hybridized carbons (Fsp3) is 1.00. The summed E-state index contributed by atoms with van der Waals surface area (Å²) in [6.45, 7) is 0.00431. The van der Waals surface area contributed by atoms with Gasteiger partial charge in [-0.3, -0.25) is 0 Å². The molecule has 0 radical (unpaired) electrons. The van der Waals surface area contributed by atoms with Crippen molar-refractivity contribution in [2.24, 2.45) is 0 Å². The first-order chi connectivity index (χ1) is 4.16. The third-order valence-electron chi connectivity index (χ3n) is 0.860. The second-order valence-corrected chi connectivity index (χ2v) is 1.78. The van der Waals surface area contributed by atoms with E-state index in [0.717, 1.165) is 0 Å². The predicted octanol–water partition coefficient (Wildman–Crippen LogP) is 1.20. The number of hydrogen-bond donors (Lipinski definition) is 1. The Morgan fingerprint density at radius 3 is 2.22 bits per heavy atom. The van der Waals surface area contributed by atoms with Gasteiger partial charge in [0.15, 0.2) is 0 Å². The van der Waals surface area contributed by atoms with Gasteiger partial charge >= 0.3 is 0 Å². The summed E-state index contributed by atoms with van der Waals surface area (Å²) in [4.78, 5) is 0. The summed E-state index contributed by atoms with van der Waals surface area (Å²) >= 11 is 0. The Bertz CT molecular complexity index is 67.2. The molecule has 0 amide bonds. The molecule has 0 aliphatic heterocycles. The fourth-order valence-electron chi connectivity index (χ4n) is 0.498. The maximum Gasteiger partial charge on any atom is 0.241 e. The van der Waals surface area contributed by atoms with Crippen LogP contribution in [-0.2, 0) is 0 Å². The topological polar surface area (TPSA) is 12.0 Å². The van der Waals surface area contributed by atoms with Crippen molar-refractivity contribution in [1.29, 1.82) is 0 Å². The van der Waals surface area contributed by atoms with E-state index in [9.17, 15) is 13.2 Å². The zero-order chi connectivity index (χ0) is 7.28. The van der Waals surface area contributed by atoms with Crippen molar-refractivity contribution in [2.75, 3.05) is 13.6 Å². The van der Waals surface area contributed by atoms with Gasteiger partial charge in [-0.15, -0.1) is 0 Å². The molecule has 0 rings (SSSR count). The minimum Gasteiger partial charge on any atom is -0.317 e. The van der Waals surface area contributed by atoms with Crippen LogP contribution < -0.4 is 5.32 Å². The Morgan fingerprint density at radius 2 is 1.89 bits per heavy atom. The van der Waals surface area contributed by atoms with Gasteiger partial charge < -0.3 is 5.32 Å². The molecule has 0 saturated carbocycles. The molecule has 0 aromatic carbocycles. The SMILES string of the molecule is CNCC(F)CC(F)F. The number of halogens is 3. The van der Waals surface area contributed by atoms with Gasteiger partial charge in [0.05, 0.1) is 0 Å². The molecule has 56 valence electrons. The van der Waals surface area contributed by atoms with E-state index >= 15 is 0 Å². The lowest BCUT2D eigenvalue weighted by atomic mass is 10.3. The van der Waals surface area contributed by atoms with Crippen LogP contribution >= 0.6 is 0 Å². The van der Waals surface area contributed by atoms with E-state index in [0.29, 0.717) is 0 Å². The van der Waals surface area contributed by atoms with E-state index in [1.807, 2.05) is 0 Å². The molecule has 0 heterocycles. The monoisotopic (exact) mass is 141 g/mol. The Labute approximate surface area is 52.2 Å². The molecule has 0 bridgehead atoms. The van der Waals surface area contributed by atoms with E-state index < -0.39 is 19.0 Å². The van der Waals surface area contributed by atoms with Crippen LogP contribution in [0.2, 0.25) is 0 Å². The first-order valence-corrected chi connectivity index (χ1v) is 2.73. The van der Waals surface area contributed by atoms with E-state index in [4.69, 9.17) is 0 Å². The van der Waals surface area contributed by atoms with Gasteiger partial charge in [-0.05, 0) is 7.05 Å². The van der Waals surface area contributed by atoms with Gasteiger partial charge in [0, 0.05) is 13.0 Å². The lowest BCUT2D eigenvalue weighted by Gasteiger charge is -2.04. The van der Waals surface area contributed by atoms with Gasteiger partial charge in [0.2, 0.25) is 6.43 Å². The third kappa shape index (κ3) is 5.62. The van der Waals surface area contributed by atoms with Crippen molar-refractivity contribution in [3.63, 3.8) is 0 Å². The highest BCUT2D eigenvalue weighted by Crippen LogP contribution is 2.05. The molecule has 9 heavy (non-hydrogen) atoms. The molecule has 0 fully saturated rings. The van der Waals surface area contributed by atoms with Gasteiger partial charge in [0.1, 0.15) is 6.17 Å². The zero-order valence-electron chi connectivity index (χ0n) is 5.20. The summed E-state index contributed by atoms with van der Waals surface area (Å²) in [5, 5.41) is 2.46. The normalized spacial score (nSPS) is 14.3. The van der Waals surface area contributed by atoms with Crippen molar-refractivity contribution in [1.82, 2.24) is 5.32 Å². The van der Waals surface area contributed by atoms with Crippen LogP contribution in [0, 0.1) is 0 Å². The molecule has 0 aromatic rings. The fourth-order valence-corrected chi connectivity index (χ4v) is 0.498. The van der Waals surface area contributed by atoms with Crippen LogP contribution in [0.1, 0.15) is 6.42 Å². The number of alkyl halides is 3. The lowest BCUT2D eigenvalue weighted by molar-refractivity contribution is 0.101. The summed E-state index contributed by atoms with van der Waals surface area (Å²) in [6.07, 6.45) is -4.62. The highest BCUT2D eigenvalue weighted by Gasteiger charge is 2.11. The van der Waals surface area contributed by atoms with E-state index in [1.165, 1.54) is 7.05 Å². The van der Waals surface area contributed by atoms with Crippen molar-refractivity contribution < 1.29 is 13.2 Å². The van der Waals surface area contributed by atoms with Crippen LogP contribution in [0.5, 0.6) is 0 Å². The highest BCUT2D eigenvalue weighted by atomic mass is 19.3. The molecule has 1 atom stereocenters. The number of hydrogen-bond acceptors (Lipinski definition) is 1. The van der Waals surface area contributed by atoms with Crippen LogP contribution in [0.25, 0.3) is 0 Å². The van der Waals surface area contributed by atoms with Crippen molar-refractivity contribution in [2.45, 2.75) is 19.0 Å². The lowest BCUT2D eigenvalue weighted by Crippen LogP contribution is -2.21. The summed E-state index contributed by atoms with van der Waals surface area (Å²) in [5.41, 5.74) is 0. The molecule has 4 heteroatoms. The van der Waals surface area contributed by atoms with Gasteiger partial charge in [-0.2, -0.15) is 0 Å². The van der Waals surface area contributed by atoms with Crippen molar-refractivity contribution in [3.8, 4) is 0 Å². The molecular formula is C5H10F3N. The molecule has 1 unspecified atom stereocenters. The molecule has 1 N–H and O–H groups in total. The van der Waals surface area contributed by atoms with Crippen LogP contribution in [0.4, 0.5) is 13.2 Å². The van der Waals surface area contributed by atoms with E-state index in [1.54, 1.807) is 0 Å². The molecule has 0 spiro atoms. The zero-order valence-corrected chi connectivity index (χ0v) is 5.20. The van der Waals surface area contributed by atoms with Gasteiger partial charge in [-0.25, -0.2) is 13.2 Å². The Balaban J connectivity index is 3.15. The van der Waals surface area contributed by atoms with Gasteiger partial charge in [0.25, 0.3) is 0 Å². The Hall–Kier alpha value is -0.250. The van der Waals surface area contributed by atoms with Crippen molar-refractivity contribution >= 4 is 0 Å². The third-order valence-corrected chi connectivity index (χ3v) is 0.860. The van der Waals surface area contributed by atoms with E-state index in [-0.39, 0.29) is 6.54 Å². The van der Waals surface area contributed by atoms with Crippen molar-refractivity contribution in [3.05, 3.63) is 0 Å². The highest BCUT2D eigenvalue weighted by molar-refractivity contribution is 4.58. The average Bonchev–Trinajstić information content (AvgIpc) is 1.63. The molecular weight excluding hydrogens is 131 g/mol. The predicted molar refractivity (Wildman–Crippen MR) is 29.4 cm³/mol. The Kier molecular flexibility index (Phi) is 4.48. The molecule has 0 aliphatic rings. The first-order valence-electron chi connectivity index (χ1n) is 2.73. The van der Waals surface area contributed by atoms with Crippen LogP contribution in [-0.4, -0.2) is 26.2 Å². The molecule has 0 aliphatic carbocycles.